The molecule has 45 heavy (non-hydrogen) atoms. The fourth-order valence-electron chi connectivity index (χ4n) is 5.40. The number of pyridine rings is 1. The van der Waals surface area contributed by atoms with E-state index in [0.717, 1.165) is 16.7 Å². The summed E-state index contributed by atoms with van der Waals surface area (Å²) < 4.78 is 40.7. The van der Waals surface area contributed by atoms with Crippen molar-refractivity contribution in [3.05, 3.63) is 106 Å². The zero-order valence-corrected chi connectivity index (χ0v) is 25.2. The van der Waals surface area contributed by atoms with E-state index >= 15 is 0 Å². The standard InChI is InChI=1S/C32H31ClF3N7O2/c1-18-5-3-7-23-30(18)20-11-12-39-25(13-20)27(8-4-6-19(2)31(45)41-23)42-17-40-24(15-29(42)44)22-14-21(33)9-10-26(22)43(38)16-28(37)32(34,35)36/h3,5,7,9-17,19,27H,4,6,8,37-38H2,1-2H3,(H,41,45)/b28-16-. The van der Waals surface area contributed by atoms with Gasteiger partial charge in [-0.15, -0.1) is 0 Å². The molecule has 0 saturated carbocycles. The summed E-state index contributed by atoms with van der Waals surface area (Å²) in [4.78, 5) is 35.9. The lowest BCUT2D eigenvalue weighted by Gasteiger charge is -2.23. The normalized spacial score (nSPS) is 17.5. The number of carbonyl (C=O) groups excluding carboxylic acids is 1. The molecule has 2 bridgehead atoms. The number of amides is 1. The smallest absolute Gasteiger partial charge is 0.393 e. The number of anilines is 2. The van der Waals surface area contributed by atoms with E-state index in [4.69, 9.17) is 23.2 Å². The zero-order chi connectivity index (χ0) is 32.5. The Morgan fingerprint density at radius 3 is 2.62 bits per heavy atom. The third-order valence-electron chi connectivity index (χ3n) is 7.79. The van der Waals surface area contributed by atoms with Gasteiger partial charge in [-0.25, -0.2) is 10.8 Å². The van der Waals surface area contributed by atoms with E-state index in [1.54, 1.807) is 6.20 Å². The van der Waals surface area contributed by atoms with Gasteiger partial charge in [-0.05, 0) is 67.3 Å². The van der Waals surface area contributed by atoms with Gasteiger partial charge in [0.1, 0.15) is 5.70 Å². The highest BCUT2D eigenvalue weighted by Crippen LogP contribution is 2.36. The Morgan fingerprint density at radius 2 is 1.89 bits per heavy atom. The molecule has 13 heteroatoms. The molecule has 0 aliphatic carbocycles. The van der Waals surface area contributed by atoms with Crippen LogP contribution in [0.4, 0.5) is 24.5 Å². The van der Waals surface area contributed by atoms with Crippen LogP contribution in [-0.4, -0.2) is 26.6 Å². The molecule has 2 unspecified atom stereocenters. The fourth-order valence-corrected chi connectivity index (χ4v) is 5.57. The van der Waals surface area contributed by atoms with Crippen molar-refractivity contribution in [1.82, 2.24) is 14.5 Å². The van der Waals surface area contributed by atoms with Gasteiger partial charge in [-0.3, -0.25) is 24.1 Å². The second kappa shape index (κ2) is 12.7. The van der Waals surface area contributed by atoms with E-state index in [2.05, 4.69) is 15.3 Å². The first kappa shape index (κ1) is 31.7. The molecule has 1 aliphatic heterocycles. The van der Waals surface area contributed by atoms with Crippen molar-refractivity contribution in [3.63, 3.8) is 0 Å². The predicted octanol–water partition coefficient (Wildman–Crippen LogP) is 6.32. The molecule has 234 valence electrons. The highest BCUT2D eigenvalue weighted by molar-refractivity contribution is 6.31. The number of hydrogen-bond donors (Lipinski definition) is 3. The average Bonchev–Trinajstić information content (AvgIpc) is 2.98. The van der Waals surface area contributed by atoms with Gasteiger partial charge in [0.25, 0.3) is 5.56 Å². The molecule has 0 fully saturated rings. The number of fused-ring (bicyclic) bond motifs is 4. The molecule has 2 aromatic heterocycles. The molecular formula is C32H31ClF3N7O2. The molecule has 0 saturated heterocycles. The van der Waals surface area contributed by atoms with Crippen molar-refractivity contribution in [2.45, 2.75) is 45.3 Å². The minimum absolute atomic E-state index is 0.0884. The van der Waals surface area contributed by atoms with Crippen molar-refractivity contribution in [1.29, 1.82) is 0 Å². The van der Waals surface area contributed by atoms with E-state index in [9.17, 15) is 22.8 Å². The number of nitrogens with two attached hydrogens (primary N) is 2. The summed E-state index contributed by atoms with van der Waals surface area (Å²) in [6.45, 7) is 3.83. The number of hydrazine groups is 1. The molecule has 0 spiro atoms. The Morgan fingerprint density at radius 1 is 1.11 bits per heavy atom. The second-order valence-electron chi connectivity index (χ2n) is 11.0. The molecule has 5 N–H and O–H groups in total. The fraction of sp³-hybridized carbons (Fsp3) is 0.250. The van der Waals surface area contributed by atoms with Gasteiger partial charge in [0, 0.05) is 46.2 Å². The Hall–Kier alpha value is -4.68. The minimum atomic E-state index is -4.79. The maximum Gasteiger partial charge on any atom is 0.432 e. The van der Waals surface area contributed by atoms with E-state index < -0.39 is 23.5 Å². The lowest BCUT2D eigenvalue weighted by Crippen LogP contribution is -2.30. The predicted molar refractivity (Wildman–Crippen MR) is 168 cm³/mol. The SMILES string of the molecule is Cc1cccc2c1-c1ccnc(c1)C(n1cnc(-c3cc(Cl)ccc3N(N)/C=C(\N)C(F)(F)F)cc1=O)CCCC(C)C(=O)N2. The molecule has 5 rings (SSSR count). The number of nitrogens with zero attached hydrogens (tertiary/aromatic N) is 4. The molecule has 1 amide bonds. The van der Waals surface area contributed by atoms with Crippen molar-refractivity contribution >= 4 is 28.9 Å². The van der Waals surface area contributed by atoms with Gasteiger partial charge in [0.05, 0.1) is 29.4 Å². The number of halogens is 4. The highest BCUT2D eigenvalue weighted by Gasteiger charge is 2.32. The number of aryl methyl sites for hydroxylation is 1. The Balaban J connectivity index is 1.58. The Labute approximate surface area is 262 Å². The van der Waals surface area contributed by atoms with Crippen molar-refractivity contribution in [2.24, 2.45) is 17.5 Å². The number of alkyl halides is 3. The quantitative estimate of drug-likeness (QED) is 0.176. The molecule has 1 aliphatic rings. The van der Waals surface area contributed by atoms with Crippen LogP contribution in [0.5, 0.6) is 0 Å². The minimum Gasteiger partial charge on any atom is -0.393 e. The van der Waals surface area contributed by atoms with Crippen LogP contribution in [0.3, 0.4) is 0 Å². The summed E-state index contributed by atoms with van der Waals surface area (Å²) >= 11 is 6.21. The van der Waals surface area contributed by atoms with Crippen LogP contribution in [0.1, 0.15) is 43.5 Å². The maximum atomic E-state index is 13.7. The lowest BCUT2D eigenvalue weighted by atomic mass is 9.93. The molecule has 0 radical (unpaired) electrons. The van der Waals surface area contributed by atoms with E-state index in [1.165, 1.54) is 35.2 Å². The number of hydrogen-bond acceptors (Lipinski definition) is 7. The monoisotopic (exact) mass is 637 g/mol. The molecular weight excluding hydrogens is 607 g/mol. The van der Waals surface area contributed by atoms with Crippen molar-refractivity contribution in [3.8, 4) is 22.4 Å². The summed E-state index contributed by atoms with van der Waals surface area (Å²) in [6.07, 6.45) is 0.497. The van der Waals surface area contributed by atoms with Gasteiger partial charge in [-0.2, -0.15) is 13.2 Å². The number of nitrogens with one attached hydrogen (secondary N) is 1. The number of benzene rings is 2. The van der Waals surface area contributed by atoms with Crippen LogP contribution < -0.4 is 27.5 Å². The third-order valence-corrected chi connectivity index (χ3v) is 8.03. The van der Waals surface area contributed by atoms with E-state index in [-0.39, 0.29) is 33.8 Å². The van der Waals surface area contributed by atoms with Gasteiger partial charge in [0.2, 0.25) is 5.91 Å². The maximum absolute atomic E-state index is 13.7. The third kappa shape index (κ3) is 6.86. The first-order valence-electron chi connectivity index (χ1n) is 14.2. The highest BCUT2D eigenvalue weighted by atomic mass is 35.5. The zero-order valence-electron chi connectivity index (χ0n) is 24.5. The van der Waals surface area contributed by atoms with E-state index in [0.29, 0.717) is 41.9 Å². The van der Waals surface area contributed by atoms with Crippen LogP contribution in [0.15, 0.2) is 83.8 Å². The van der Waals surface area contributed by atoms with Gasteiger partial charge in [-0.1, -0.05) is 37.1 Å². The van der Waals surface area contributed by atoms with Gasteiger partial charge >= 0.3 is 6.18 Å². The molecule has 4 aromatic rings. The Bertz CT molecular complexity index is 1840. The van der Waals surface area contributed by atoms with E-state index in [1.807, 2.05) is 44.2 Å². The van der Waals surface area contributed by atoms with Crippen molar-refractivity contribution in [2.75, 3.05) is 10.3 Å². The summed E-state index contributed by atoms with van der Waals surface area (Å²) in [5.41, 5.74) is 7.81. The average molecular weight is 638 g/mol. The van der Waals surface area contributed by atoms with Crippen LogP contribution >= 0.6 is 11.6 Å². The van der Waals surface area contributed by atoms with Crippen molar-refractivity contribution < 1.29 is 18.0 Å². The topological polar surface area (TPSA) is 132 Å². The summed E-state index contributed by atoms with van der Waals surface area (Å²) in [5, 5.41) is 4.04. The summed E-state index contributed by atoms with van der Waals surface area (Å²) in [5.74, 6) is 5.57. The Kier molecular flexibility index (Phi) is 8.98. The van der Waals surface area contributed by atoms with Crippen LogP contribution in [-0.2, 0) is 4.79 Å². The molecule has 3 heterocycles. The molecule has 9 nitrogen and oxygen atoms in total. The summed E-state index contributed by atoms with van der Waals surface area (Å²) in [6, 6.07) is 14.6. The van der Waals surface area contributed by atoms with Gasteiger partial charge in [0.15, 0.2) is 0 Å². The number of allylic oxidation sites excluding steroid dienone is 1. The summed E-state index contributed by atoms with van der Waals surface area (Å²) in [7, 11) is 0. The van der Waals surface area contributed by atoms with Crippen LogP contribution in [0, 0.1) is 12.8 Å². The largest absolute Gasteiger partial charge is 0.432 e. The molecule has 2 atom stereocenters. The number of rotatable bonds is 4. The second-order valence-corrected chi connectivity index (χ2v) is 11.4. The first-order valence-corrected chi connectivity index (χ1v) is 14.5. The number of carbonyl (C=O) groups is 1. The first-order chi connectivity index (χ1) is 21.3. The number of aromatic nitrogens is 3. The molecule has 2 aromatic carbocycles. The van der Waals surface area contributed by atoms with Crippen LogP contribution in [0.25, 0.3) is 22.4 Å². The van der Waals surface area contributed by atoms with Gasteiger partial charge < -0.3 is 11.1 Å². The lowest BCUT2D eigenvalue weighted by molar-refractivity contribution is -0.119. The van der Waals surface area contributed by atoms with Crippen LogP contribution in [0.2, 0.25) is 5.02 Å².